The molecule has 0 aliphatic rings. The highest BCUT2D eigenvalue weighted by Gasteiger charge is 2.20. The Kier molecular flexibility index (Phi) is 8.24. The van der Waals surface area contributed by atoms with Gasteiger partial charge in [0.1, 0.15) is 0 Å². The van der Waals surface area contributed by atoms with Crippen LogP contribution >= 0.6 is 0 Å². The summed E-state index contributed by atoms with van der Waals surface area (Å²) in [4.78, 5) is 14.4. The molecule has 1 rings (SSSR count). The number of nitrogens with zero attached hydrogens (tertiary/aromatic N) is 2. The Morgan fingerprint density at radius 3 is 2.23 bits per heavy atom. The molecule has 148 valence electrons. The predicted octanol–water partition coefficient (Wildman–Crippen LogP) is 2.53. The number of benzene rings is 1. The van der Waals surface area contributed by atoms with Gasteiger partial charge in [0.2, 0.25) is 15.9 Å². The molecule has 0 spiro atoms. The molecular weight excluding hydrogens is 350 g/mol. The lowest BCUT2D eigenvalue weighted by atomic mass is 9.86. The summed E-state index contributed by atoms with van der Waals surface area (Å²) in [5.74, 6) is -0.178. The van der Waals surface area contributed by atoms with Crippen molar-refractivity contribution in [3.05, 3.63) is 29.8 Å². The summed E-state index contributed by atoms with van der Waals surface area (Å²) in [5.41, 5.74) is 1.75. The Labute approximate surface area is 158 Å². The SMILES string of the molecule is CN(C)CCCN(CCC(=O)Nc1ccccc1C(C)(C)C)S(C)(=O)=O. The van der Waals surface area contributed by atoms with Gasteiger partial charge in [-0.25, -0.2) is 12.7 Å². The van der Waals surface area contributed by atoms with Gasteiger partial charge in [-0.1, -0.05) is 39.0 Å². The summed E-state index contributed by atoms with van der Waals surface area (Å²) in [6, 6.07) is 7.71. The fraction of sp³-hybridized carbons (Fsp3) is 0.632. The van der Waals surface area contributed by atoms with Crippen LogP contribution in [-0.4, -0.2) is 63.5 Å². The van der Waals surface area contributed by atoms with E-state index in [-0.39, 0.29) is 24.3 Å². The molecule has 0 saturated carbocycles. The number of rotatable bonds is 9. The zero-order chi connectivity index (χ0) is 20.0. The molecule has 1 amide bonds. The van der Waals surface area contributed by atoms with Gasteiger partial charge in [-0.05, 0) is 44.1 Å². The van der Waals surface area contributed by atoms with Crippen LogP contribution in [0.5, 0.6) is 0 Å². The number of anilines is 1. The molecule has 0 unspecified atom stereocenters. The van der Waals surface area contributed by atoms with E-state index in [0.29, 0.717) is 6.54 Å². The summed E-state index contributed by atoms with van der Waals surface area (Å²) in [5, 5.41) is 2.93. The monoisotopic (exact) mass is 383 g/mol. The van der Waals surface area contributed by atoms with Crippen molar-refractivity contribution in [2.45, 2.75) is 39.0 Å². The van der Waals surface area contributed by atoms with Crippen molar-refractivity contribution in [2.24, 2.45) is 0 Å². The molecule has 0 atom stereocenters. The van der Waals surface area contributed by atoms with Crippen molar-refractivity contribution in [1.29, 1.82) is 0 Å². The van der Waals surface area contributed by atoms with Gasteiger partial charge in [0.25, 0.3) is 0 Å². The molecule has 0 aromatic heterocycles. The molecule has 0 heterocycles. The molecule has 0 bridgehead atoms. The van der Waals surface area contributed by atoms with E-state index in [9.17, 15) is 13.2 Å². The fourth-order valence-corrected chi connectivity index (χ4v) is 3.58. The van der Waals surface area contributed by atoms with Crippen LogP contribution in [-0.2, 0) is 20.2 Å². The Balaban J connectivity index is 2.69. The standard InChI is InChI=1S/C19H33N3O3S/c1-19(2,3)16-10-7-8-11-17(16)20-18(23)12-15-22(26(6,24)25)14-9-13-21(4)5/h7-8,10-11H,9,12-15H2,1-6H3,(H,20,23). The maximum absolute atomic E-state index is 12.4. The number of amides is 1. The van der Waals surface area contributed by atoms with Crippen LogP contribution in [0.1, 0.15) is 39.2 Å². The third kappa shape index (κ3) is 7.85. The molecule has 0 fully saturated rings. The lowest BCUT2D eigenvalue weighted by molar-refractivity contribution is -0.116. The first kappa shape index (κ1) is 22.6. The van der Waals surface area contributed by atoms with Gasteiger partial charge in [0.05, 0.1) is 6.26 Å². The first-order chi connectivity index (χ1) is 11.9. The topological polar surface area (TPSA) is 69.7 Å². The van der Waals surface area contributed by atoms with E-state index in [1.165, 1.54) is 10.6 Å². The Morgan fingerprint density at radius 2 is 1.69 bits per heavy atom. The molecule has 0 aliphatic heterocycles. The lowest BCUT2D eigenvalue weighted by Gasteiger charge is -2.23. The summed E-state index contributed by atoms with van der Waals surface area (Å²) < 4.78 is 25.3. The van der Waals surface area contributed by atoms with Crippen LogP contribution in [0.4, 0.5) is 5.69 Å². The molecule has 0 saturated heterocycles. The molecule has 7 heteroatoms. The maximum Gasteiger partial charge on any atom is 0.225 e. The Bertz CT molecular complexity index is 694. The smallest absolute Gasteiger partial charge is 0.225 e. The normalized spacial score (nSPS) is 12.6. The summed E-state index contributed by atoms with van der Waals surface area (Å²) in [6.45, 7) is 7.69. The van der Waals surface area contributed by atoms with Crippen molar-refractivity contribution in [1.82, 2.24) is 9.21 Å². The van der Waals surface area contributed by atoms with Gasteiger partial charge >= 0.3 is 0 Å². The third-order valence-electron chi connectivity index (χ3n) is 4.08. The van der Waals surface area contributed by atoms with Gasteiger partial charge in [0.15, 0.2) is 0 Å². The number of nitrogens with one attached hydrogen (secondary N) is 1. The van der Waals surface area contributed by atoms with Crippen molar-refractivity contribution in [3.63, 3.8) is 0 Å². The Hall–Kier alpha value is -1.44. The minimum Gasteiger partial charge on any atom is -0.326 e. The zero-order valence-corrected chi connectivity index (χ0v) is 17.7. The largest absolute Gasteiger partial charge is 0.326 e. The van der Waals surface area contributed by atoms with E-state index in [4.69, 9.17) is 0 Å². The van der Waals surface area contributed by atoms with Gasteiger partial charge in [-0.3, -0.25) is 4.79 Å². The van der Waals surface area contributed by atoms with Gasteiger partial charge in [0, 0.05) is 25.2 Å². The maximum atomic E-state index is 12.4. The number of carbonyl (C=O) groups excluding carboxylic acids is 1. The van der Waals surface area contributed by atoms with E-state index in [2.05, 4.69) is 26.1 Å². The van der Waals surface area contributed by atoms with Gasteiger partial charge in [-0.2, -0.15) is 0 Å². The minimum absolute atomic E-state index is 0.0884. The van der Waals surface area contributed by atoms with Crippen LogP contribution in [0.2, 0.25) is 0 Å². The van der Waals surface area contributed by atoms with Crippen molar-refractivity contribution in [3.8, 4) is 0 Å². The Morgan fingerprint density at radius 1 is 1.08 bits per heavy atom. The molecule has 1 N–H and O–H groups in total. The molecule has 26 heavy (non-hydrogen) atoms. The molecule has 1 aromatic carbocycles. The number of hydrogen-bond acceptors (Lipinski definition) is 4. The number of carbonyl (C=O) groups is 1. The third-order valence-corrected chi connectivity index (χ3v) is 5.38. The van der Waals surface area contributed by atoms with Gasteiger partial charge in [-0.15, -0.1) is 0 Å². The van der Waals surface area contributed by atoms with Crippen LogP contribution in [0.25, 0.3) is 0 Å². The minimum atomic E-state index is -3.33. The lowest BCUT2D eigenvalue weighted by Crippen LogP contribution is -2.35. The summed E-state index contributed by atoms with van der Waals surface area (Å²) >= 11 is 0. The van der Waals surface area contributed by atoms with Crippen molar-refractivity contribution in [2.75, 3.05) is 45.3 Å². The number of sulfonamides is 1. The van der Waals surface area contributed by atoms with Crippen molar-refractivity contribution >= 4 is 21.6 Å². The molecular formula is C19H33N3O3S. The van der Waals surface area contributed by atoms with E-state index in [1.807, 2.05) is 43.3 Å². The average molecular weight is 384 g/mol. The number of para-hydroxylation sites is 1. The average Bonchev–Trinajstić information content (AvgIpc) is 2.48. The molecule has 6 nitrogen and oxygen atoms in total. The van der Waals surface area contributed by atoms with Crippen LogP contribution in [0.15, 0.2) is 24.3 Å². The summed E-state index contributed by atoms with van der Waals surface area (Å²) in [6.07, 6.45) is 2.05. The van der Waals surface area contributed by atoms with E-state index in [1.54, 1.807) is 0 Å². The molecule has 0 radical (unpaired) electrons. The van der Waals surface area contributed by atoms with E-state index >= 15 is 0 Å². The quantitative estimate of drug-likeness (QED) is 0.711. The van der Waals surface area contributed by atoms with Crippen molar-refractivity contribution < 1.29 is 13.2 Å². The highest BCUT2D eigenvalue weighted by Crippen LogP contribution is 2.29. The van der Waals surface area contributed by atoms with Crippen LogP contribution < -0.4 is 5.32 Å². The summed E-state index contributed by atoms with van der Waals surface area (Å²) in [7, 11) is 0.571. The highest BCUT2D eigenvalue weighted by atomic mass is 32.2. The molecule has 1 aromatic rings. The van der Waals surface area contributed by atoms with E-state index in [0.717, 1.165) is 24.2 Å². The molecule has 0 aliphatic carbocycles. The number of hydrogen-bond donors (Lipinski definition) is 1. The second-order valence-electron chi connectivity index (χ2n) is 7.91. The fourth-order valence-electron chi connectivity index (χ4n) is 2.69. The van der Waals surface area contributed by atoms with Gasteiger partial charge < -0.3 is 10.2 Å². The first-order valence-electron chi connectivity index (χ1n) is 8.90. The predicted molar refractivity (Wildman–Crippen MR) is 108 cm³/mol. The van der Waals surface area contributed by atoms with Crippen LogP contribution in [0, 0.1) is 0 Å². The second-order valence-corrected chi connectivity index (χ2v) is 9.90. The highest BCUT2D eigenvalue weighted by molar-refractivity contribution is 7.88. The van der Waals surface area contributed by atoms with E-state index < -0.39 is 10.0 Å². The first-order valence-corrected chi connectivity index (χ1v) is 10.8. The van der Waals surface area contributed by atoms with Crippen LogP contribution in [0.3, 0.4) is 0 Å². The zero-order valence-electron chi connectivity index (χ0n) is 16.9. The second kappa shape index (κ2) is 9.48.